The van der Waals surface area contributed by atoms with E-state index in [9.17, 15) is 14.8 Å². The first-order valence-electron chi connectivity index (χ1n) is 12.9. The molecular weight excluding hydrogens is 454 g/mol. The number of hydrogen-bond acceptors (Lipinski definition) is 4. The number of fused-ring (bicyclic) bond motifs is 1. The van der Waals surface area contributed by atoms with E-state index in [0.717, 1.165) is 58.5 Å². The van der Waals surface area contributed by atoms with Crippen LogP contribution in [0.2, 0.25) is 0 Å². The molecule has 2 aromatic carbocycles. The van der Waals surface area contributed by atoms with Gasteiger partial charge in [-0.15, -0.1) is 0 Å². The first kappa shape index (κ1) is 23.1. The summed E-state index contributed by atoms with van der Waals surface area (Å²) in [6.45, 7) is 0.975. The van der Waals surface area contributed by atoms with Crippen molar-refractivity contribution in [3.8, 4) is 5.75 Å². The van der Waals surface area contributed by atoms with E-state index in [4.69, 9.17) is 10.5 Å². The van der Waals surface area contributed by atoms with E-state index in [2.05, 4.69) is 4.57 Å². The van der Waals surface area contributed by atoms with Crippen LogP contribution in [0.4, 0.5) is 0 Å². The van der Waals surface area contributed by atoms with Crippen LogP contribution in [0.1, 0.15) is 64.8 Å². The van der Waals surface area contributed by atoms with Crippen molar-refractivity contribution in [2.24, 2.45) is 28.9 Å². The number of benzene rings is 2. The van der Waals surface area contributed by atoms with Gasteiger partial charge in [-0.1, -0.05) is 6.07 Å². The van der Waals surface area contributed by atoms with Gasteiger partial charge in [-0.05, 0) is 104 Å². The second-order valence-electron chi connectivity index (χ2n) is 11.4. The van der Waals surface area contributed by atoms with Crippen LogP contribution in [-0.2, 0) is 6.54 Å². The molecule has 4 aliphatic carbocycles. The number of ether oxygens (including phenoxy) is 1. The average molecular weight is 488 g/mol. The van der Waals surface area contributed by atoms with Crippen LogP contribution in [0.3, 0.4) is 0 Å². The van der Waals surface area contributed by atoms with Gasteiger partial charge in [0.25, 0.3) is 5.91 Å². The Morgan fingerprint density at radius 1 is 1.06 bits per heavy atom. The summed E-state index contributed by atoms with van der Waals surface area (Å²) in [7, 11) is 1.55. The number of aromatic nitrogens is 1. The number of rotatable bonds is 7. The monoisotopic (exact) mass is 487 g/mol. The van der Waals surface area contributed by atoms with E-state index < -0.39 is 11.8 Å². The standard InChI is InChI=1S/C29H33N3O4/c1-36-26-11-18(16-31-7-6-22-12-23(27(30)33)3-5-25(22)31)2-4-24(26)28(34)32(35)17-29-13-19-8-20(14-29)10-21(9-19)15-29/h2-7,11-12,19-21,35H,8-10,13-17H2,1H3,(H2,30,33). The molecule has 188 valence electrons. The zero-order chi connectivity index (χ0) is 25.0. The van der Waals surface area contributed by atoms with Crippen LogP contribution in [0.5, 0.6) is 5.75 Å². The van der Waals surface area contributed by atoms with Crippen LogP contribution in [0.15, 0.2) is 48.7 Å². The topological polar surface area (TPSA) is 97.8 Å². The van der Waals surface area contributed by atoms with E-state index in [0.29, 0.717) is 30.0 Å². The number of nitrogens with zero attached hydrogens (tertiary/aromatic N) is 2. The lowest BCUT2D eigenvalue weighted by Gasteiger charge is -2.57. The summed E-state index contributed by atoms with van der Waals surface area (Å²) >= 11 is 0. The fraction of sp³-hybridized carbons (Fsp3) is 0.448. The largest absolute Gasteiger partial charge is 0.496 e. The van der Waals surface area contributed by atoms with Gasteiger partial charge in [0.2, 0.25) is 5.91 Å². The van der Waals surface area contributed by atoms with Gasteiger partial charge in [-0.25, -0.2) is 5.06 Å². The number of hydroxylamine groups is 2. The van der Waals surface area contributed by atoms with Gasteiger partial charge in [0.15, 0.2) is 0 Å². The number of hydrogen-bond donors (Lipinski definition) is 2. The predicted molar refractivity (Wildman–Crippen MR) is 136 cm³/mol. The molecule has 0 saturated heterocycles. The summed E-state index contributed by atoms with van der Waals surface area (Å²) in [4.78, 5) is 24.8. The molecule has 4 bridgehead atoms. The van der Waals surface area contributed by atoms with Crippen molar-refractivity contribution in [3.05, 3.63) is 65.4 Å². The highest BCUT2D eigenvalue weighted by atomic mass is 16.5. The SMILES string of the molecule is COc1cc(Cn2ccc3cc(C(N)=O)ccc32)ccc1C(=O)N(O)CC12CC3CC(CC(C3)C1)C2. The molecule has 1 heterocycles. The Kier molecular flexibility index (Phi) is 5.56. The third-order valence-electron chi connectivity index (χ3n) is 8.79. The van der Waals surface area contributed by atoms with Gasteiger partial charge in [-0.2, -0.15) is 0 Å². The van der Waals surface area contributed by atoms with Crippen molar-refractivity contribution in [1.82, 2.24) is 9.63 Å². The maximum atomic E-state index is 13.3. The highest BCUT2D eigenvalue weighted by Crippen LogP contribution is 2.60. The van der Waals surface area contributed by atoms with Gasteiger partial charge in [0, 0.05) is 29.2 Å². The molecule has 4 fully saturated rings. The summed E-state index contributed by atoms with van der Waals surface area (Å²) in [6, 6.07) is 12.9. The summed E-state index contributed by atoms with van der Waals surface area (Å²) < 4.78 is 7.65. The molecule has 4 aliphatic rings. The third kappa shape index (κ3) is 4.05. The lowest BCUT2D eigenvalue weighted by molar-refractivity contribution is -0.129. The molecule has 0 atom stereocenters. The minimum Gasteiger partial charge on any atom is -0.496 e. The molecule has 0 spiro atoms. The number of nitrogens with two attached hydrogens (primary N) is 1. The van der Waals surface area contributed by atoms with Gasteiger partial charge in [0.05, 0.1) is 19.2 Å². The molecule has 0 unspecified atom stereocenters. The van der Waals surface area contributed by atoms with Crippen LogP contribution < -0.4 is 10.5 Å². The summed E-state index contributed by atoms with van der Waals surface area (Å²) in [6.07, 6.45) is 9.34. The quantitative estimate of drug-likeness (QED) is 0.368. The first-order valence-corrected chi connectivity index (χ1v) is 12.9. The highest BCUT2D eigenvalue weighted by molar-refractivity contribution is 5.97. The van der Waals surface area contributed by atoms with Crippen molar-refractivity contribution in [2.75, 3.05) is 13.7 Å². The molecule has 2 amide bonds. The van der Waals surface area contributed by atoms with E-state index in [-0.39, 0.29) is 5.41 Å². The Balaban J connectivity index is 1.19. The fourth-order valence-electron chi connectivity index (χ4n) is 7.71. The van der Waals surface area contributed by atoms with Gasteiger partial charge in [0.1, 0.15) is 5.75 Å². The number of carbonyl (C=O) groups excluding carboxylic acids is 2. The van der Waals surface area contributed by atoms with E-state index >= 15 is 0 Å². The minimum absolute atomic E-state index is 0.0657. The minimum atomic E-state index is -0.448. The predicted octanol–water partition coefficient (Wildman–Crippen LogP) is 4.84. The van der Waals surface area contributed by atoms with Gasteiger partial charge < -0.3 is 15.0 Å². The molecule has 4 saturated carbocycles. The lowest BCUT2D eigenvalue weighted by Crippen LogP contribution is -2.51. The Labute approximate surface area is 210 Å². The van der Waals surface area contributed by atoms with Crippen molar-refractivity contribution >= 4 is 22.7 Å². The van der Waals surface area contributed by atoms with Crippen LogP contribution in [-0.4, -0.2) is 40.3 Å². The van der Waals surface area contributed by atoms with Crippen molar-refractivity contribution in [1.29, 1.82) is 0 Å². The molecule has 36 heavy (non-hydrogen) atoms. The van der Waals surface area contributed by atoms with Crippen LogP contribution >= 0.6 is 0 Å². The van der Waals surface area contributed by atoms with Crippen molar-refractivity contribution in [3.63, 3.8) is 0 Å². The average Bonchev–Trinajstić information content (AvgIpc) is 3.24. The zero-order valence-electron chi connectivity index (χ0n) is 20.7. The van der Waals surface area contributed by atoms with Crippen LogP contribution in [0.25, 0.3) is 10.9 Å². The summed E-state index contributed by atoms with van der Waals surface area (Å²) in [5, 5.41) is 12.8. The molecule has 7 heteroatoms. The number of amides is 2. The number of methoxy groups -OCH3 is 1. The number of carbonyl (C=O) groups is 2. The maximum Gasteiger partial charge on any atom is 0.280 e. The zero-order valence-corrected chi connectivity index (χ0v) is 20.7. The molecule has 0 aliphatic heterocycles. The second kappa shape index (κ2) is 8.66. The normalized spacial score (nSPS) is 26.3. The Bertz CT molecular complexity index is 1310. The van der Waals surface area contributed by atoms with E-state index in [1.54, 1.807) is 25.3 Å². The Hall–Kier alpha value is -3.32. The molecular formula is C29H33N3O4. The Morgan fingerprint density at radius 2 is 1.75 bits per heavy atom. The summed E-state index contributed by atoms with van der Waals surface area (Å²) in [5.41, 5.74) is 8.27. The fourth-order valence-corrected chi connectivity index (χ4v) is 7.71. The molecule has 3 N–H and O–H groups in total. The number of primary amides is 1. The van der Waals surface area contributed by atoms with Crippen LogP contribution in [0, 0.1) is 23.2 Å². The molecule has 3 aromatic rings. The van der Waals surface area contributed by atoms with E-state index in [1.165, 1.54) is 19.3 Å². The third-order valence-corrected chi connectivity index (χ3v) is 8.79. The molecule has 7 nitrogen and oxygen atoms in total. The first-order chi connectivity index (χ1) is 17.3. The highest BCUT2D eigenvalue weighted by Gasteiger charge is 2.51. The summed E-state index contributed by atoms with van der Waals surface area (Å²) in [5.74, 6) is 1.90. The van der Waals surface area contributed by atoms with Crippen molar-refractivity contribution in [2.45, 2.75) is 45.1 Å². The lowest BCUT2D eigenvalue weighted by atomic mass is 9.49. The van der Waals surface area contributed by atoms with Gasteiger partial charge in [-0.3, -0.25) is 14.8 Å². The van der Waals surface area contributed by atoms with Crippen molar-refractivity contribution < 1.29 is 19.5 Å². The second-order valence-corrected chi connectivity index (χ2v) is 11.4. The Morgan fingerprint density at radius 3 is 2.39 bits per heavy atom. The van der Waals surface area contributed by atoms with E-state index in [1.807, 2.05) is 30.5 Å². The molecule has 1 aromatic heterocycles. The van der Waals surface area contributed by atoms with Gasteiger partial charge >= 0.3 is 0 Å². The molecule has 7 rings (SSSR count). The molecule has 0 radical (unpaired) electrons. The maximum absolute atomic E-state index is 13.3. The smallest absolute Gasteiger partial charge is 0.280 e.